The highest BCUT2D eigenvalue weighted by Crippen LogP contribution is 2.21. The number of hydrogen-bond donors (Lipinski definition) is 2. The van der Waals surface area contributed by atoms with Gasteiger partial charge in [0.05, 0.1) is 12.2 Å². The van der Waals surface area contributed by atoms with E-state index in [9.17, 15) is 4.79 Å². The summed E-state index contributed by atoms with van der Waals surface area (Å²) in [6, 6.07) is 0. The Bertz CT molecular complexity index is 702. The summed E-state index contributed by atoms with van der Waals surface area (Å²) in [4.78, 5) is 19.0. The van der Waals surface area contributed by atoms with Crippen LogP contribution in [0.4, 0.5) is 4.79 Å². The minimum atomic E-state index is -0.456. The molecular weight excluding hydrogens is 394 g/mol. The fourth-order valence-electron chi connectivity index (χ4n) is 3.80. The van der Waals surface area contributed by atoms with Gasteiger partial charge in [-0.2, -0.15) is 0 Å². The van der Waals surface area contributed by atoms with E-state index >= 15 is 0 Å². The van der Waals surface area contributed by atoms with Gasteiger partial charge in [-0.1, -0.05) is 19.0 Å². The van der Waals surface area contributed by atoms with E-state index in [0.29, 0.717) is 12.5 Å². The van der Waals surface area contributed by atoms with Crippen molar-refractivity contribution >= 4 is 12.1 Å². The number of ether oxygens (including phenoxy) is 1. The summed E-state index contributed by atoms with van der Waals surface area (Å²) in [6.07, 6.45) is 4.59. The summed E-state index contributed by atoms with van der Waals surface area (Å²) in [6.45, 7) is 15.6. The van der Waals surface area contributed by atoms with Gasteiger partial charge in [0.2, 0.25) is 0 Å². The maximum atomic E-state index is 12.4. The van der Waals surface area contributed by atoms with E-state index in [0.717, 1.165) is 81.3 Å². The summed E-state index contributed by atoms with van der Waals surface area (Å²) >= 11 is 0. The third kappa shape index (κ3) is 8.07. The molecule has 1 fully saturated rings. The Morgan fingerprint density at radius 2 is 2.03 bits per heavy atom. The van der Waals surface area contributed by atoms with Crippen molar-refractivity contribution in [3.05, 3.63) is 17.0 Å². The second-order valence-corrected chi connectivity index (χ2v) is 9.08. The van der Waals surface area contributed by atoms with Crippen molar-refractivity contribution in [2.24, 2.45) is 10.9 Å². The Morgan fingerprint density at radius 3 is 2.68 bits per heavy atom. The molecule has 0 saturated carbocycles. The number of nitrogens with zero attached hydrogens (tertiary/aromatic N) is 3. The number of aromatic nitrogens is 1. The molecule has 2 N–H and O–H groups in total. The molecule has 8 heteroatoms. The second kappa shape index (κ2) is 12.0. The molecule has 0 aliphatic carbocycles. The van der Waals surface area contributed by atoms with E-state index in [1.807, 2.05) is 25.7 Å². The highest BCUT2D eigenvalue weighted by Gasteiger charge is 2.27. The second-order valence-electron chi connectivity index (χ2n) is 9.08. The van der Waals surface area contributed by atoms with Gasteiger partial charge < -0.3 is 24.8 Å². The number of carbonyl (C=O) groups excluding carboxylic acids is 1. The molecule has 1 aromatic heterocycles. The first kappa shape index (κ1) is 25.0. The summed E-state index contributed by atoms with van der Waals surface area (Å²) in [5.74, 6) is 2.18. The largest absolute Gasteiger partial charge is 0.444 e. The standard InChI is InChI=1S/C23H41N5O3/c1-7-19-18(20(8-2)31-27-19)15-26-21(24-9-3)25-13-12-17-11-10-14-28(16-17)22(29)30-23(4,5)6/h17H,7-16H2,1-6H3,(H2,24,25,26). The number of rotatable bonds is 8. The van der Waals surface area contributed by atoms with Crippen LogP contribution in [0, 0.1) is 5.92 Å². The molecule has 1 aromatic rings. The van der Waals surface area contributed by atoms with Gasteiger partial charge in [0, 0.05) is 38.2 Å². The van der Waals surface area contributed by atoms with Gasteiger partial charge in [0.1, 0.15) is 11.4 Å². The summed E-state index contributed by atoms with van der Waals surface area (Å²) < 4.78 is 11.0. The molecule has 1 unspecified atom stereocenters. The first-order valence-corrected chi connectivity index (χ1v) is 11.7. The van der Waals surface area contributed by atoms with Crippen LogP contribution >= 0.6 is 0 Å². The summed E-state index contributed by atoms with van der Waals surface area (Å²) in [7, 11) is 0. The molecule has 1 saturated heterocycles. The number of aliphatic imine (C=N–C) groups is 1. The van der Waals surface area contributed by atoms with Crippen molar-refractivity contribution in [3.8, 4) is 0 Å². The Hall–Kier alpha value is -2.25. The lowest BCUT2D eigenvalue weighted by atomic mass is 9.95. The third-order valence-corrected chi connectivity index (χ3v) is 5.36. The molecule has 1 amide bonds. The van der Waals surface area contributed by atoms with Crippen LogP contribution in [0.2, 0.25) is 0 Å². The zero-order valence-electron chi connectivity index (χ0n) is 20.2. The Labute approximate surface area is 187 Å². The molecule has 2 heterocycles. The number of likely N-dealkylation sites (tertiary alicyclic amines) is 1. The fourth-order valence-corrected chi connectivity index (χ4v) is 3.80. The molecule has 0 aromatic carbocycles. The van der Waals surface area contributed by atoms with Gasteiger partial charge in [0.15, 0.2) is 5.96 Å². The predicted octanol–water partition coefficient (Wildman–Crippen LogP) is 3.89. The van der Waals surface area contributed by atoms with Crippen LogP contribution in [0.1, 0.15) is 77.8 Å². The van der Waals surface area contributed by atoms with Gasteiger partial charge in [-0.05, 0) is 59.3 Å². The van der Waals surface area contributed by atoms with Crippen molar-refractivity contribution in [2.45, 2.75) is 85.8 Å². The normalized spacial score (nSPS) is 17.5. The third-order valence-electron chi connectivity index (χ3n) is 5.36. The van der Waals surface area contributed by atoms with Crippen molar-refractivity contribution in [1.29, 1.82) is 0 Å². The van der Waals surface area contributed by atoms with Gasteiger partial charge in [-0.3, -0.25) is 0 Å². The highest BCUT2D eigenvalue weighted by molar-refractivity contribution is 5.79. The zero-order chi connectivity index (χ0) is 22.9. The average Bonchev–Trinajstić information content (AvgIpc) is 3.13. The van der Waals surface area contributed by atoms with Crippen molar-refractivity contribution in [2.75, 3.05) is 26.2 Å². The summed E-state index contributed by atoms with van der Waals surface area (Å²) in [5, 5.41) is 10.9. The van der Waals surface area contributed by atoms with E-state index in [-0.39, 0.29) is 6.09 Å². The molecule has 8 nitrogen and oxygen atoms in total. The van der Waals surface area contributed by atoms with E-state index in [2.05, 4.69) is 36.6 Å². The monoisotopic (exact) mass is 435 g/mol. The van der Waals surface area contributed by atoms with E-state index in [4.69, 9.17) is 14.3 Å². The first-order chi connectivity index (χ1) is 14.8. The highest BCUT2D eigenvalue weighted by atomic mass is 16.6. The maximum Gasteiger partial charge on any atom is 0.410 e. The SMILES string of the molecule is CCNC(=NCc1c(CC)noc1CC)NCCC1CCCN(C(=O)OC(C)(C)C)C1. The molecule has 0 radical (unpaired) electrons. The van der Waals surface area contributed by atoms with Crippen LogP contribution < -0.4 is 10.6 Å². The van der Waals surface area contributed by atoms with Crippen LogP contribution in [-0.2, 0) is 24.1 Å². The Balaban J connectivity index is 1.87. The van der Waals surface area contributed by atoms with Crippen LogP contribution in [0.15, 0.2) is 9.52 Å². The molecule has 1 aliphatic heterocycles. The Kier molecular flexibility index (Phi) is 9.65. The van der Waals surface area contributed by atoms with Crippen LogP contribution in [-0.4, -0.2) is 53.9 Å². The van der Waals surface area contributed by atoms with Gasteiger partial charge in [-0.15, -0.1) is 0 Å². The Morgan fingerprint density at radius 1 is 1.26 bits per heavy atom. The lowest BCUT2D eigenvalue weighted by Crippen LogP contribution is -2.44. The molecule has 2 rings (SSSR count). The van der Waals surface area contributed by atoms with Gasteiger partial charge >= 0.3 is 6.09 Å². The van der Waals surface area contributed by atoms with Crippen LogP contribution in [0.25, 0.3) is 0 Å². The minimum absolute atomic E-state index is 0.202. The van der Waals surface area contributed by atoms with Crippen molar-refractivity contribution in [3.63, 3.8) is 0 Å². The molecule has 1 aliphatic rings. The number of guanidine groups is 1. The van der Waals surface area contributed by atoms with E-state index in [1.54, 1.807) is 0 Å². The number of piperidine rings is 1. The van der Waals surface area contributed by atoms with Crippen molar-refractivity contribution < 1.29 is 14.1 Å². The number of aryl methyl sites for hydroxylation is 2. The molecule has 176 valence electrons. The smallest absolute Gasteiger partial charge is 0.410 e. The molecule has 0 spiro atoms. The van der Waals surface area contributed by atoms with E-state index in [1.165, 1.54) is 0 Å². The van der Waals surface area contributed by atoms with Crippen molar-refractivity contribution in [1.82, 2.24) is 20.7 Å². The van der Waals surface area contributed by atoms with Gasteiger partial charge in [-0.25, -0.2) is 9.79 Å². The first-order valence-electron chi connectivity index (χ1n) is 11.7. The molecule has 31 heavy (non-hydrogen) atoms. The molecular formula is C23H41N5O3. The minimum Gasteiger partial charge on any atom is -0.444 e. The summed E-state index contributed by atoms with van der Waals surface area (Å²) in [5.41, 5.74) is 1.63. The van der Waals surface area contributed by atoms with Gasteiger partial charge in [0.25, 0.3) is 0 Å². The van der Waals surface area contributed by atoms with Crippen LogP contribution in [0.3, 0.4) is 0 Å². The number of amides is 1. The number of carbonyl (C=O) groups is 1. The molecule has 0 bridgehead atoms. The number of hydrogen-bond acceptors (Lipinski definition) is 5. The molecule has 1 atom stereocenters. The quantitative estimate of drug-likeness (QED) is 0.475. The van der Waals surface area contributed by atoms with E-state index < -0.39 is 5.60 Å². The fraction of sp³-hybridized carbons (Fsp3) is 0.783. The topological polar surface area (TPSA) is 92.0 Å². The maximum absolute atomic E-state index is 12.4. The zero-order valence-corrected chi connectivity index (χ0v) is 20.2. The number of nitrogens with one attached hydrogen (secondary N) is 2. The average molecular weight is 436 g/mol. The lowest BCUT2D eigenvalue weighted by molar-refractivity contribution is 0.0162. The predicted molar refractivity (Wildman–Crippen MR) is 123 cm³/mol. The van der Waals surface area contributed by atoms with Crippen LogP contribution in [0.5, 0.6) is 0 Å². The lowest BCUT2D eigenvalue weighted by Gasteiger charge is -2.34.